The Kier molecular flexibility index (Phi) is 25.4. The van der Waals surface area contributed by atoms with Crippen molar-refractivity contribution >= 4 is 49.0 Å². The minimum absolute atomic E-state index is 0.0856. The van der Waals surface area contributed by atoms with Gasteiger partial charge in [0.05, 0.1) is 19.8 Å². The van der Waals surface area contributed by atoms with Crippen LogP contribution in [-0.2, 0) is 63.9 Å². The second-order valence-corrected chi connectivity index (χ2v) is 18.5. The molecule has 0 fully saturated rings. The van der Waals surface area contributed by atoms with Crippen molar-refractivity contribution in [2.24, 2.45) is 0 Å². The molecular weight excluding hydrogens is 1060 g/mol. The molecule has 0 aromatic heterocycles. The SMILES string of the molecule is CC(C)(C)OC(=O)NOC(=O)OC(C)(C)C.CCOC(=O)NOC(=O)OCC.CCOC(=O)ONC(=O)OCc1ccccc1.O=C(NOC(=O)OCC1c2ccccc2-c2ccccc21)OCC1c2ccccc2-c2ccccc21. The van der Waals surface area contributed by atoms with Gasteiger partial charge in [-0.2, -0.15) is 0 Å². The third kappa shape index (κ3) is 22.6. The quantitative estimate of drug-likeness (QED) is 0.0606. The fraction of sp³-hybridized carbons (Fsp3) is 0.333. The average Bonchev–Trinajstić information content (AvgIpc) is 4.01. The van der Waals surface area contributed by atoms with E-state index in [1.807, 2.05) is 102 Å². The normalized spacial score (nSPS) is 11.4. The lowest BCUT2D eigenvalue weighted by molar-refractivity contribution is -0.0404. The predicted octanol–water partition coefficient (Wildman–Crippen LogP) is 11.6. The summed E-state index contributed by atoms with van der Waals surface area (Å²) in [6, 6.07) is 41.3. The Balaban J connectivity index is 0.000000263. The van der Waals surface area contributed by atoms with Gasteiger partial charge in [-0.15, -0.1) is 21.9 Å². The molecule has 24 nitrogen and oxygen atoms in total. The van der Waals surface area contributed by atoms with Crippen LogP contribution >= 0.6 is 0 Å². The van der Waals surface area contributed by atoms with E-state index in [4.69, 9.17) is 28.5 Å². The number of amides is 4. The maximum atomic E-state index is 12.2. The molecule has 2 aliphatic carbocycles. The molecule has 5 aromatic carbocycles. The van der Waals surface area contributed by atoms with Crippen molar-refractivity contribution in [3.05, 3.63) is 155 Å². The Morgan fingerprint density at radius 2 is 0.679 bits per heavy atom. The van der Waals surface area contributed by atoms with Crippen LogP contribution in [-0.4, -0.2) is 93.2 Å². The smallest absolute Gasteiger partial charge is 0.448 e. The molecule has 2 aliphatic rings. The molecule has 0 heterocycles. The monoisotopic (exact) mass is 1130 g/mol. The van der Waals surface area contributed by atoms with E-state index in [1.165, 1.54) is 0 Å². The van der Waals surface area contributed by atoms with Crippen molar-refractivity contribution in [2.75, 3.05) is 33.0 Å². The van der Waals surface area contributed by atoms with Crippen LogP contribution < -0.4 is 21.9 Å². The number of ether oxygens (including phenoxy) is 8. The van der Waals surface area contributed by atoms with Crippen LogP contribution in [0.4, 0.5) is 38.4 Å². The lowest BCUT2D eigenvalue weighted by Gasteiger charge is -2.20. The number of benzene rings is 5. The summed E-state index contributed by atoms with van der Waals surface area (Å²) in [5.41, 5.74) is 15.8. The topological polar surface area (TPSA) is 295 Å². The van der Waals surface area contributed by atoms with E-state index in [9.17, 15) is 38.4 Å². The molecule has 0 bridgehead atoms. The van der Waals surface area contributed by atoms with Gasteiger partial charge in [0, 0.05) is 11.8 Å². The first-order chi connectivity index (χ1) is 38.6. The Labute approximate surface area is 467 Å². The maximum absolute atomic E-state index is 12.2. The van der Waals surface area contributed by atoms with E-state index in [0.29, 0.717) is 0 Å². The zero-order valence-corrected chi connectivity index (χ0v) is 46.2. The van der Waals surface area contributed by atoms with Crippen molar-refractivity contribution in [2.45, 2.75) is 92.0 Å². The Bertz CT molecular complexity index is 2640. The number of carbonyl (C=O) groups excluding carboxylic acids is 8. The number of hydrogen-bond donors (Lipinski definition) is 4. The van der Waals surface area contributed by atoms with Crippen LogP contribution in [0.5, 0.6) is 0 Å². The predicted molar refractivity (Wildman–Crippen MR) is 287 cm³/mol. The fourth-order valence-corrected chi connectivity index (χ4v) is 7.36. The molecule has 0 unspecified atom stereocenters. The Morgan fingerprint density at radius 3 is 1.07 bits per heavy atom. The van der Waals surface area contributed by atoms with Gasteiger partial charge in [0.15, 0.2) is 0 Å². The first kappa shape index (κ1) is 63.8. The van der Waals surface area contributed by atoms with E-state index >= 15 is 0 Å². The van der Waals surface area contributed by atoms with Gasteiger partial charge in [-0.3, -0.25) is 0 Å². The zero-order chi connectivity index (χ0) is 59.4. The zero-order valence-electron chi connectivity index (χ0n) is 46.2. The van der Waals surface area contributed by atoms with Gasteiger partial charge in [0.2, 0.25) is 0 Å². The van der Waals surface area contributed by atoms with Crippen LogP contribution in [0.3, 0.4) is 0 Å². The van der Waals surface area contributed by atoms with Gasteiger partial charge in [-0.1, -0.05) is 127 Å². The molecular formula is C57H66N4O20. The first-order valence-electron chi connectivity index (χ1n) is 25.2. The molecule has 0 spiro atoms. The summed E-state index contributed by atoms with van der Waals surface area (Å²) in [4.78, 5) is 107. The average molecular weight is 1130 g/mol. The molecule has 4 amide bonds. The minimum atomic E-state index is -0.995. The number of fused-ring (bicyclic) bond motifs is 6. The number of hydrogen-bond acceptors (Lipinski definition) is 20. The Morgan fingerprint density at radius 1 is 0.358 bits per heavy atom. The summed E-state index contributed by atoms with van der Waals surface area (Å²) in [5.74, 6) is -0.183. The highest BCUT2D eigenvalue weighted by molar-refractivity contribution is 5.80. The van der Waals surface area contributed by atoms with E-state index in [0.717, 1.165) is 50.1 Å². The summed E-state index contributed by atoms with van der Waals surface area (Å²) in [5, 5.41) is 0. The number of rotatable bonds is 9. The highest BCUT2D eigenvalue weighted by atomic mass is 16.8. The number of hydroxylamine groups is 4. The van der Waals surface area contributed by atoms with Gasteiger partial charge in [-0.05, 0) is 112 Å². The summed E-state index contributed by atoms with van der Waals surface area (Å²) in [6.45, 7) is 15.9. The molecule has 0 saturated carbocycles. The van der Waals surface area contributed by atoms with Gasteiger partial charge in [0.1, 0.15) is 31.0 Å². The van der Waals surface area contributed by atoms with E-state index in [1.54, 1.807) is 85.4 Å². The summed E-state index contributed by atoms with van der Waals surface area (Å²) < 4.78 is 38.3. The molecule has 0 atom stereocenters. The molecule has 5 aromatic rings. The second-order valence-electron chi connectivity index (χ2n) is 18.5. The van der Waals surface area contributed by atoms with Crippen LogP contribution in [0.15, 0.2) is 127 Å². The summed E-state index contributed by atoms with van der Waals surface area (Å²) in [6.07, 6.45) is -7.32. The van der Waals surface area contributed by atoms with Gasteiger partial charge < -0.3 is 57.2 Å². The molecule has 24 heteroatoms. The van der Waals surface area contributed by atoms with Crippen molar-refractivity contribution in [3.63, 3.8) is 0 Å². The molecule has 0 aliphatic heterocycles. The maximum Gasteiger partial charge on any atom is 0.533 e. The van der Waals surface area contributed by atoms with Gasteiger partial charge in [0.25, 0.3) is 0 Å². The molecule has 7 rings (SSSR count). The van der Waals surface area contributed by atoms with Crippen LogP contribution in [0.25, 0.3) is 22.3 Å². The van der Waals surface area contributed by atoms with Crippen molar-refractivity contribution in [3.8, 4) is 22.3 Å². The van der Waals surface area contributed by atoms with Crippen LogP contribution in [0.2, 0.25) is 0 Å². The van der Waals surface area contributed by atoms with Gasteiger partial charge >= 0.3 is 49.0 Å². The standard InChI is InChI=1S/C30H23NO5.C11H13NO5.C10H19NO5.C6H11NO5/c32-29(34-17-27-23-13-5-1-9-19(23)20-10-2-6-14-24(20)27)31-36-30(33)35-18-28-25-15-7-3-11-21(25)22-12-4-8-16-26(22)28;1-2-15-11(14)17-12-10(13)16-8-9-6-4-3-5-7-9;1-9(2,3)14-7(12)11-16-8(13)15-10(4,5)6;1-3-10-5(8)7-12-6(9)11-4-2/h1-16,27-28H,17-18H2,(H,31,32);3-7H,2,8H2,1H3,(H,12,13);1-6H3,(H,11,12);3-4H2,1-2H3,(H,7,8). The molecule has 0 radical (unpaired) electrons. The van der Waals surface area contributed by atoms with Crippen LogP contribution in [0.1, 0.15) is 102 Å². The number of nitrogens with one attached hydrogen (secondary N) is 4. The van der Waals surface area contributed by atoms with Crippen molar-refractivity contribution in [1.82, 2.24) is 21.9 Å². The molecule has 4 N–H and O–H groups in total. The van der Waals surface area contributed by atoms with Gasteiger partial charge in [-0.25, -0.2) is 38.4 Å². The third-order valence-electron chi connectivity index (χ3n) is 10.3. The molecule has 434 valence electrons. The van der Waals surface area contributed by atoms with Crippen molar-refractivity contribution < 1.29 is 95.6 Å². The largest absolute Gasteiger partial charge is 0.533 e. The minimum Gasteiger partial charge on any atom is -0.448 e. The summed E-state index contributed by atoms with van der Waals surface area (Å²) in [7, 11) is 0. The van der Waals surface area contributed by atoms with Crippen LogP contribution in [0, 0.1) is 0 Å². The lowest BCUT2D eigenvalue weighted by atomic mass is 9.98. The first-order valence-corrected chi connectivity index (χ1v) is 25.2. The second kappa shape index (κ2) is 32.2. The highest BCUT2D eigenvalue weighted by Crippen LogP contribution is 2.45. The fourth-order valence-electron chi connectivity index (χ4n) is 7.36. The van der Waals surface area contributed by atoms with E-state index < -0.39 is 60.2 Å². The van der Waals surface area contributed by atoms with Crippen molar-refractivity contribution in [1.29, 1.82) is 0 Å². The van der Waals surface area contributed by atoms with E-state index in [2.05, 4.69) is 53.0 Å². The molecule has 0 saturated heterocycles. The molecule has 81 heavy (non-hydrogen) atoms. The number of carbonyl (C=O) groups is 8. The highest BCUT2D eigenvalue weighted by Gasteiger charge is 2.31. The summed E-state index contributed by atoms with van der Waals surface area (Å²) >= 11 is 0. The Hall–Kier alpha value is -9.74. The third-order valence-corrected chi connectivity index (χ3v) is 10.3. The lowest BCUT2D eigenvalue weighted by Crippen LogP contribution is -2.35. The van der Waals surface area contributed by atoms with E-state index in [-0.39, 0.29) is 51.5 Å².